The van der Waals surface area contributed by atoms with Crippen LogP contribution in [-0.4, -0.2) is 11.6 Å². The quantitative estimate of drug-likeness (QED) is 0.656. The average Bonchev–Trinajstić information content (AvgIpc) is 2.84. The van der Waals surface area contributed by atoms with Crippen LogP contribution in [0.3, 0.4) is 0 Å². The zero-order valence-electron chi connectivity index (χ0n) is 7.29. The Labute approximate surface area is 67.6 Å². The lowest BCUT2D eigenvalue weighted by Crippen LogP contribution is -1.98. The van der Waals surface area contributed by atoms with Gasteiger partial charge in [0.2, 0.25) is 0 Å². The predicted molar refractivity (Wildman–Crippen MR) is 42.5 cm³/mol. The molecule has 0 bridgehead atoms. The number of aromatic nitrogens is 1. The fraction of sp³-hybridized carbons (Fsp3) is 0.444. The molecule has 0 aliphatic heterocycles. The van der Waals surface area contributed by atoms with E-state index in [4.69, 9.17) is 6.11 Å². The highest BCUT2D eigenvalue weighted by molar-refractivity contribution is 5.16. The van der Waals surface area contributed by atoms with Crippen molar-refractivity contribution in [2.45, 2.75) is 12.8 Å². The fourth-order valence-electron chi connectivity index (χ4n) is 0.891. The van der Waals surface area contributed by atoms with Gasteiger partial charge in [0.05, 0.1) is 7.98 Å². The van der Waals surface area contributed by atoms with Crippen LogP contribution in [0.5, 0.6) is 5.75 Å². The molecule has 0 unspecified atom stereocenters. The zero-order chi connectivity index (χ0) is 8.39. The highest BCUT2D eigenvalue weighted by atomic mass is 16.5. The molecule has 1 fully saturated rings. The summed E-state index contributed by atoms with van der Waals surface area (Å²) in [6.07, 6.45) is 4.45. The molecule has 1 heterocycles. The minimum absolute atomic E-state index is 0.267. The Hall–Kier alpha value is -1.05. The van der Waals surface area contributed by atoms with Gasteiger partial charge in [-0.15, -0.1) is 0 Å². The molecule has 0 saturated heterocycles. The summed E-state index contributed by atoms with van der Waals surface area (Å²) in [7, 11) is 0. The minimum Gasteiger partial charge on any atom is -0.493 e. The van der Waals surface area contributed by atoms with Gasteiger partial charge in [-0.1, -0.05) is 0 Å². The molecule has 2 rings (SSSR count). The molecule has 0 atom stereocenters. The Morgan fingerprint density at radius 2 is 2.55 bits per heavy atom. The Morgan fingerprint density at radius 3 is 3.27 bits per heavy atom. The van der Waals surface area contributed by atoms with E-state index in [-0.39, 0.29) is 6.17 Å². The Kier molecular flexibility index (Phi) is 1.47. The van der Waals surface area contributed by atoms with Crippen molar-refractivity contribution >= 4 is 0 Å². The standard InChI is InChI=1S/C9H11NO/c1-2-8(1)7-11-9-3-5-10-6-4-9/h3-6,8H,1-2,7H2/i5D. The van der Waals surface area contributed by atoms with Gasteiger partial charge in [-0.25, -0.2) is 0 Å². The summed E-state index contributed by atoms with van der Waals surface area (Å²) in [6, 6.07) is 3.43. The van der Waals surface area contributed by atoms with Gasteiger partial charge in [-0.3, -0.25) is 4.98 Å². The number of rotatable bonds is 3. The molecule has 1 aromatic rings. The maximum Gasteiger partial charge on any atom is 0.122 e. The maximum atomic E-state index is 7.25. The first-order valence-corrected chi connectivity index (χ1v) is 3.90. The molecule has 58 valence electrons. The first-order chi connectivity index (χ1) is 5.84. The zero-order valence-corrected chi connectivity index (χ0v) is 6.29. The van der Waals surface area contributed by atoms with Crippen molar-refractivity contribution < 1.29 is 6.11 Å². The summed E-state index contributed by atoms with van der Waals surface area (Å²) < 4.78 is 12.7. The second kappa shape index (κ2) is 2.91. The van der Waals surface area contributed by atoms with E-state index in [1.165, 1.54) is 12.8 Å². The Bertz CT molecular complexity index is 273. The van der Waals surface area contributed by atoms with E-state index in [0.717, 1.165) is 18.3 Å². The molecular weight excluding hydrogens is 138 g/mol. The largest absolute Gasteiger partial charge is 0.493 e. The highest BCUT2D eigenvalue weighted by Crippen LogP contribution is 2.29. The molecule has 11 heavy (non-hydrogen) atoms. The van der Waals surface area contributed by atoms with E-state index in [1.54, 1.807) is 18.3 Å². The second-order valence-electron chi connectivity index (χ2n) is 2.88. The molecule has 1 aliphatic carbocycles. The van der Waals surface area contributed by atoms with Crippen molar-refractivity contribution in [2.75, 3.05) is 6.61 Å². The summed E-state index contributed by atoms with van der Waals surface area (Å²) >= 11 is 0. The molecule has 0 radical (unpaired) electrons. The van der Waals surface area contributed by atoms with Crippen LogP contribution >= 0.6 is 0 Å². The second-order valence-corrected chi connectivity index (χ2v) is 2.88. The molecule has 1 aliphatic rings. The van der Waals surface area contributed by atoms with E-state index in [1.807, 2.05) is 0 Å². The summed E-state index contributed by atoms with van der Waals surface area (Å²) in [5.41, 5.74) is 0. The maximum absolute atomic E-state index is 7.25. The lowest BCUT2D eigenvalue weighted by Gasteiger charge is -2.02. The van der Waals surface area contributed by atoms with Gasteiger partial charge < -0.3 is 4.74 Å². The Morgan fingerprint density at radius 1 is 1.64 bits per heavy atom. The van der Waals surface area contributed by atoms with Gasteiger partial charge >= 0.3 is 0 Å². The van der Waals surface area contributed by atoms with Gasteiger partial charge in [-0.2, -0.15) is 0 Å². The van der Waals surface area contributed by atoms with Gasteiger partial charge in [0.1, 0.15) is 5.75 Å². The van der Waals surface area contributed by atoms with Gasteiger partial charge in [0.25, 0.3) is 0 Å². The van der Waals surface area contributed by atoms with Crippen LogP contribution in [0.4, 0.5) is 0 Å². The predicted octanol–water partition coefficient (Wildman–Crippen LogP) is 1.87. The van der Waals surface area contributed by atoms with Crippen LogP contribution in [0.25, 0.3) is 0 Å². The minimum atomic E-state index is 0.267. The molecule has 0 aromatic carbocycles. The molecule has 1 saturated carbocycles. The van der Waals surface area contributed by atoms with Crippen LogP contribution in [0.1, 0.15) is 14.2 Å². The topological polar surface area (TPSA) is 22.1 Å². The number of ether oxygens (including phenoxy) is 1. The van der Waals surface area contributed by atoms with Crippen molar-refractivity contribution in [1.82, 2.24) is 4.98 Å². The summed E-state index contributed by atoms with van der Waals surface area (Å²) in [6.45, 7) is 0.795. The molecular formula is C9H11NO. The monoisotopic (exact) mass is 150 g/mol. The first kappa shape index (κ1) is 5.58. The van der Waals surface area contributed by atoms with Crippen molar-refractivity contribution in [1.29, 1.82) is 0 Å². The van der Waals surface area contributed by atoms with Gasteiger partial charge in [0.15, 0.2) is 0 Å². The van der Waals surface area contributed by atoms with E-state index >= 15 is 0 Å². The van der Waals surface area contributed by atoms with Crippen molar-refractivity contribution in [3.63, 3.8) is 0 Å². The van der Waals surface area contributed by atoms with E-state index < -0.39 is 0 Å². The van der Waals surface area contributed by atoms with Crippen molar-refractivity contribution in [2.24, 2.45) is 5.92 Å². The van der Waals surface area contributed by atoms with E-state index in [0.29, 0.717) is 0 Å². The Balaban J connectivity index is 1.92. The number of nitrogens with zero attached hydrogens (tertiary/aromatic N) is 1. The molecule has 2 heteroatoms. The first-order valence-electron chi connectivity index (χ1n) is 4.40. The molecule has 2 nitrogen and oxygen atoms in total. The number of pyridine rings is 1. The van der Waals surface area contributed by atoms with E-state index in [2.05, 4.69) is 4.98 Å². The van der Waals surface area contributed by atoms with Crippen LogP contribution in [0.15, 0.2) is 24.5 Å². The molecule has 0 N–H and O–H groups in total. The summed E-state index contributed by atoms with van der Waals surface area (Å²) in [4.78, 5) is 3.77. The third kappa shape index (κ3) is 1.93. The molecule has 0 amide bonds. The normalized spacial score (nSPS) is 17.6. The number of hydrogen-bond acceptors (Lipinski definition) is 2. The van der Waals surface area contributed by atoms with Gasteiger partial charge in [-0.05, 0) is 30.9 Å². The lowest BCUT2D eigenvalue weighted by molar-refractivity contribution is 0.299. The molecule has 0 spiro atoms. The summed E-state index contributed by atoms with van der Waals surface area (Å²) in [5, 5.41) is 0. The third-order valence-electron chi connectivity index (χ3n) is 1.78. The highest BCUT2D eigenvalue weighted by Gasteiger charge is 2.21. The van der Waals surface area contributed by atoms with Crippen LogP contribution in [0, 0.1) is 5.92 Å². The number of hydrogen-bond donors (Lipinski definition) is 0. The van der Waals surface area contributed by atoms with E-state index in [9.17, 15) is 0 Å². The van der Waals surface area contributed by atoms with Gasteiger partial charge in [0, 0.05) is 12.4 Å². The SMILES string of the molecule is [2H]c1cc(OCC2CC2)ccn1. The van der Waals surface area contributed by atoms with Crippen LogP contribution in [-0.2, 0) is 0 Å². The molecule has 1 aromatic heterocycles. The fourth-order valence-corrected chi connectivity index (χ4v) is 0.891. The van der Waals surface area contributed by atoms with Crippen molar-refractivity contribution in [3.05, 3.63) is 24.5 Å². The average molecular weight is 150 g/mol. The smallest absolute Gasteiger partial charge is 0.122 e. The van der Waals surface area contributed by atoms with Crippen LogP contribution < -0.4 is 4.74 Å². The lowest BCUT2D eigenvalue weighted by atomic mass is 10.4. The third-order valence-corrected chi connectivity index (χ3v) is 1.78. The van der Waals surface area contributed by atoms with Crippen LogP contribution in [0.2, 0.25) is 0 Å². The summed E-state index contributed by atoms with van der Waals surface area (Å²) in [5.74, 6) is 1.52. The van der Waals surface area contributed by atoms with Crippen molar-refractivity contribution in [3.8, 4) is 5.75 Å².